The molecule has 0 amide bonds. The van der Waals surface area contributed by atoms with E-state index in [1.54, 1.807) is 11.3 Å². The van der Waals surface area contributed by atoms with Gasteiger partial charge in [-0.25, -0.2) is 4.98 Å². The van der Waals surface area contributed by atoms with Crippen molar-refractivity contribution in [3.8, 4) is 0 Å². The molecule has 2 aromatic heterocycles. The van der Waals surface area contributed by atoms with Crippen molar-refractivity contribution in [2.24, 2.45) is 5.92 Å². The summed E-state index contributed by atoms with van der Waals surface area (Å²) in [5.74, 6) is 2.34. The lowest BCUT2D eigenvalue weighted by Gasteiger charge is -2.30. The van der Waals surface area contributed by atoms with E-state index < -0.39 is 0 Å². The van der Waals surface area contributed by atoms with Gasteiger partial charge < -0.3 is 10.2 Å². The minimum absolute atomic E-state index is 0.421. The molecule has 0 saturated heterocycles. The second-order valence-electron chi connectivity index (χ2n) is 5.40. The van der Waals surface area contributed by atoms with Crippen LogP contribution in [0.5, 0.6) is 0 Å². The molecule has 0 unspecified atom stereocenters. The third-order valence-electron chi connectivity index (χ3n) is 2.99. The van der Waals surface area contributed by atoms with Gasteiger partial charge in [0.2, 0.25) is 5.95 Å². The molecule has 19 heavy (non-hydrogen) atoms. The standard InChI is InChI=1S/C14H22N4S/c1-9(2)8-18(10(3)4)12-11-6-7-19-13(11)17-14(15-5)16-12/h6-7,9-10H,8H2,1-5H3,(H,15,16,17). The highest BCUT2D eigenvalue weighted by molar-refractivity contribution is 7.16. The van der Waals surface area contributed by atoms with E-state index in [1.807, 2.05) is 7.05 Å². The zero-order valence-electron chi connectivity index (χ0n) is 12.3. The van der Waals surface area contributed by atoms with Crippen LogP contribution in [0.2, 0.25) is 0 Å². The van der Waals surface area contributed by atoms with E-state index in [-0.39, 0.29) is 0 Å². The molecule has 0 fully saturated rings. The average molecular weight is 278 g/mol. The van der Waals surface area contributed by atoms with Crippen molar-refractivity contribution < 1.29 is 0 Å². The first-order valence-corrected chi connectivity index (χ1v) is 7.60. The monoisotopic (exact) mass is 278 g/mol. The summed E-state index contributed by atoms with van der Waals surface area (Å²) in [5.41, 5.74) is 0. The van der Waals surface area contributed by atoms with E-state index in [2.05, 4.69) is 59.3 Å². The highest BCUT2D eigenvalue weighted by Gasteiger charge is 2.18. The molecule has 0 bridgehead atoms. The lowest BCUT2D eigenvalue weighted by Crippen LogP contribution is -2.35. The third kappa shape index (κ3) is 2.97. The lowest BCUT2D eigenvalue weighted by atomic mass is 10.1. The molecule has 2 aromatic rings. The van der Waals surface area contributed by atoms with Gasteiger partial charge in [-0.05, 0) is 31.2 Å². The van der Waals surface area contributed by atoms with E-state index in [0.717, 1.165) is 22.6 Å². The number of nitrogens with zero attached hydrogens (tertiary/aromatic N) is 3. The zero-order valence-corrected chi connectivity index (χ0v) is 13.1. The molecule has 5 heteroatoms. The fraction of sp³-hybridized carbons (Fsp3) is 0.571. The molecule has 1 N–H and O–H groups in total. The molecule has 0 atom stereocenters. The summed E-state index contributed by atoms with van der Waals surface area (Å²) >= 11 is 1.66. The van der Waals surface area contributed by atoms with Gasteiger partial charge in [0, 0.05) is 19.6 Å². The molecule has 4 nitrogen and oxygen atoms in total. The number of fused-ring (bicyclic) bond motifs is 1. The predicted molar refractivity (Wildman–Crippen MR) is 84.3 cm³/mol. The minimum Gasteiger partial charge on any atom is -0.357 e. The summed E-state index contributed by atoms with van der Waals surface area (Å²) < 4.78 is 0. The average Bonchev–Trinajstić information content (AvgIpc) is 2.82. The van der Waals surface area contributed by atoms with Gasteiger partial charge in [-0.1, -0.05) is 13.8 Å². The smallest absolute Gasteiger partial charge is 0.225 e. The van der Waals surface area contributed by atoms with Crippen LogP contribution in [0.4, 0.5) is 11.8 Å². The molecule has 0 aliphatic carbocycles. The zero-order chi connectivity index (χ0) is 14.0. The minimum atomic E-state index is 0.421. The first-order valence-electron chi connectivity index (χ1n) is 6.72. The van der Waals surface area contributed by atoms with Crippen molar-refractivity contribution in [2.75, 3.05) is 23.8 Å². The Bertz CT molecular complexity index is 547. The summed E-state index contributed by atoms with van der Waals surface area (Å²) in [6, 6.07) is 2.54. The number of rotatable bonds is 5. The van der Waals surface area contributed by atoms with E-state index >= 15 is 0 Å². The molecule has 0 spiro atoms. The van der Waals surface area contributed by atoms with E-state index in [4.69, 9.17) is 0 Å². The van der Waals surface area contributed by atoms with Crippen LogP contribution in [0, 0.1) is 5.92 Å². The van der Waals surface area contributed by atoms with Crippen LogP contribution in [0.1, 0.15) is 27.7 Å². The maximum Gasteiger partial charge on any atom is 0.225 e. The van der Waals surface area contributed by atoms with Gasteiger partial charge in [0.05, 0.1) is 5.39 Å². The van der Waals surface area contributed by atoms with Crippen molar-refractivity contribution >= 4 is 33.3 Å². The molecule has 0 aliphatic rings. The molecule has 0 radical (unpaired) electrons. The number of hydrogen-bond acceptors (Lipinski definition) is 5. The molecule has 0 aliphatic heterocycles. The van der Waals surface area contributed by atoms with Crippen LogP contribution in [0.15, 0.2) is 11.4 Å². The maximum atomic E-state index is 4.68. The SMILES string of the molecule is CNc1nc(N(CC(C)C)C(C)C)c2ccsc2n1. The van der Waals surface area contributed by atoms with Crippen LogP contribution >= 0.6 is 11.3 Å². The largest absolute Gasteiger partial charge is 0.357 e. The summed E-state index contributed by atoms with van der Waals surface area (Å²) in [4.78, 5) is 12.6. The summed E-state index contributed by atoms with van der Waals surface area (Å²) in [6.07, 6.45) is 0. The quantitative estimate of drug-likeness (QED) is 0.907. The molecule has 2 rings (SSSR count). The molecular formula is C14H22N4S. The van der Waals surface area contributed by atoms with Gasteiger partial charge in [0.1, 0.15) is 10.6 Å². The molecule has 0 saturated carbocycles. The molecular weight excluding hydrogens is 256 g/mol. The van der Waals surface area contributed by atoms with Crippen molar-refractivity contribution in [3.63, 3.8) is 0 Å². The van der Waals surface area contributed by atoms with Gasteiger partial charge in [-0.2, -0.15) is 4.98 Å². The van der Waals surface area contributed by atoms with Crippen LogP contribution in [-0.4, -0.2) is 29.6 Å². The Morgan fingerprint density at radius 2 is 2.00 bits per heavy atom. The summed E-state index contributed by atoms with van der Waals surface area (Å²) in [6.45, 7) is 9.90. The first kappa shape index (κ1) is 14.1. The van der Waals surface area contributed by atoms with Crippen molar-refractivity contribution in [2.45, 2.75) is 33.7 Å². The van der Waals surface area contributed by atoms with Gasteiger partial charge >= 0.3 is 0 Å². The fourth-order valence-corrected chi connectivity index (χ4v) is 2.86. The highest BCUT2D eigenvalue weighted by Crippen LogP contribution is 2.30. The van der Waals surface area contributed by atoms with Gasteiger partial charge in [-0.15, -0.1) is 11.3 Å². The fourth-order valence-electron chi connectivity index (χ4n) is 2.11. The van der Waals surface area contributed by atoms with Gasteiger partial charge in [-0.3, -0.25) is 0 Å². The lowest BCUT2D eigenvalue weighted by molar-refractivity contribution is 0.567. The van der Waals surface area contributed by atoms with Crippen LogP contribution < -0.4 is 10.2 Å². The molecule has 2 heterocycles. The Labute approximate surface area is 118 Å². The van der Waals surface area contributed by atoms with Gasteiger partial charge in [0.15, 0.2) is 0 Å². The Morgan fingerprint density at radius 3 is 2.58 bits per heavy atom. The highest BCUT2D eigenvalue weighted by atomic mass is 32.1. The van der Waals surface area contributed by atoms with Crippen molar-refractivity contribution in [1.82, 2.24) is 9.97 Å². The number of aromatic nitrogens is 2. The van der Waals surface area contributed by atoms with Crippen LogP contribution in [0.25, 0.3) is 10.2 Å². The predicted octanol–water partition coefficient (Wildman–Crippen LogP) is 3.60. The maximum absolute atomic E-state index is 4.68. The molecule has 0 aromatic carbocycles. The second-order valence-corrected chi connectivity index (χ2v) is 6.29. The molecule has 104 valence electrons. The van der Waals surface area contributed by atoms with Crippen molar-refractivity contribution in [3.05, 3.63) is 11.4 Å². The Balaban J connectivity index is 2.53. The number of thiophene rings is 1. The topological polar surface area (TPSA) is 41.1 Å². The number of hydrogen-bond donors (Lipinski definition) is 1. The third-order valence-corrected chi connectivity index (χ3v) is 3.79. The van der Waals surface area contributed by atoms with E-state index in [0.29, 0.717) is 17.9 Å². The Morgan fingerprint density at radius 1 is 1.26 bits per heavy atom. The van der Waals surface area contributed by atoms with Crippen molar-refractivity contribution in [1.29, 1.82) is 0 Å². The van der Waals surface area contributed by atoms with Crippen LogP contribution in [0.3, 0.4) is 0 Å². The summed E-state index contributed by atoms with van der Waals surface area (Å²) in [7, 11) is 1.86. The normalized spacial score (nSPS) is 11.5. The van der Waals surface area contributed by atoms with Gasteiger partial charge in [0.25, 0.3) is 0 Å². The first-order chi connectivity index (χ1) is 9.02. The summed E-state index contributed by atoms with van der Waals surface area (Å²) in [5, 5.41) is 6.28. The van der Waals surface area contributed by atoms with E-state index in [1.165, 1.54) is 0 Å². The number of anilines is 2. The van der Waals surface area contributed by atoms with Crippen LogP contribution in [-0.2, 0) is 0 Å². The Hall–Kier alpha value is -1.36. The number of nitrogens with one attached hydrogen (secondary N) is 1. The van der Waals surface area contributed by atoms with E-state index in [9.17, 15) is 0 Å². The second kappa shape index (κ2) is 5.74. The Kier molecular flexibility index (Phi) is 4.24.